The van der Waals surface area contributed by atoms with Crippen LogP contribution in [0.3, 0.4) is 0 Å². The molecule has 0 aliphatic rings. The van der Waals surface area contributed by atoms with Crippen molar-refractivity contribution in [2.45, 2.75) is 6.42 Å². The Balaban J connectivity index is 0.00000392. The number of ether oxygens (including phenoxy) is 2. The predicted molar refractivity (Wildman–Crippen MR) is 108 cm³/mol. The Morgan fingerprint density at radius 3 is 1.57 bits per heavy atom. The minimum absolute atomic E-state index is 0. The van der Waals surface area contributed by atoms with Gasteiger partial charge in [-0.15, -0.1) is 0 Å². The molecule has 141 valence electrons. The first-order chi connectivity index (χ1) is 12.9. The molecule has 2 N–H and O–H groups in total. The van der Waals surface area contributed by atoms with Crippen molar-refractivity contribution in [1.82, 2.24) is 0 Å². The van der Waals surface area contributed by atoms with Gasteiger partial charge in [-0.1, -0.05) is 24.3 Å². The third kappa shape index (κ3) is 6.88. The van der Waals surface area contributed by atoms with Crippen LogP contribution in [0, 0.1) is 0 Å². The molecule has 0 aromatic heterocycles. The number of allylic oxidation sites excluding steroid dienone is 2. The molecule has 1 radical (unpaired) electrons. The summed E-state index contributed by atoms with van der Waals surface area (Å²) in [6, 6.07) is 9.34. The van der Waals surface area contributed by atoms with Crippen molar-refractivity contribution in [3.8, 4) is 23.0 Å². The fraction of sp³-hybridized carbons (Fsp3) is 0.143. The van der Waals surface area contributed by atoms with Gasteiger partial charge in [-0.25, -0.2) is 0 Å². The molecule has 2 aromatic rings. The molecular formula is C21H20NaO6. The Bertz CT molecular complexity index is 828. The quantitative estimate of drug-likeness (QED) is 0.408. The molecular weight excluding hydrogens is 371 g/mol. The maximum atomic E-state index is 11.9. The normalized spacial score (nSPS) is 10.6. The molecule has 0 saturated carbocycles. The van der Waals surface area contributed by atoms with Crippen molar-refractivity contribution in [2.24, 2.45) is 0 Å². The number of ketones is 2. The van der Waals surface area contributed by atoms with Crippen LogP contribution in [0.1, 0.15) is 17.5 Å². The second-order valence-electron chi connectivity index (χ2n) is 5.64. The number of methoxy groups -OCH3 is 2. The van der Waals surface area contributed by atoms with E-state index in [9.17, 15) is 19.8 Å². The summed E-state index contributed by atoms with van der Waals surface area (Å²) in [6.45, 7) is 0. The second kappa shape index (κ2) is 11.3. The maximum Gasteiger partial charge on any atom is 0.163 e. The molecule has 2 aromatic carbocycles. The first-order valence-corrected chi connectivity index (χ1v) is 8.08. The van der Waals surface area contributed by atoms with E-state index < -0.39 is 0 Å². The van der Waals surface area contributed by atoms with Crippen LogP contribution in [0.4, 0.5) is 0 Å². The number of phenols is 2. The first-order valence-electron chi connectivity index (χ1n) is 8.08. The number of carbonyl (C=O) groups excluding carboxylic acids is 2. The SMILES string of the molecule is COc1cc(/C=C/C(=O)CC(=O)/C=C/c2ccc(O)c(OC)c2)ccc1O.[Na]. The molecule has 0 amide bonds. The summed E-state index contributed by atoms with van der Waals surface area (Å²) >= 11 is 0. The third-order valence-electron chi connectivity index (χ3n) is 3.68. The number of aromatic hydroxyl groups is 2. The maximum absolute atomic E-state index is 11.9. The van der Waals surface area contributed by atoms with E-state index in [2.05, 4.69) is 0 Å². The summed E-state index contributed by atoms with van der Waals surface area (Å²) in [4.78, 5) is 23.9. The average Bonchev–Trinajstić information content (AvgIpc) is 2.66. The van der Waals surface area contributed by atoms with Gasteiger partial charge >= 0.3 is 0 Å². The third-order valence-corrected chi connectivity index (χ3v) is 3.68. The van der Waals surface area contributed by atoms with Gasteiger partial charge in [0.25, 0.3) is 0 Å². The van der Waals surface area contributed by atoms with E-state index in [1.54, 1.807) is 36.4 Å². The Hall–Kier alpha value is -2.54. The number of benzene rings is 2. The van der Waals surface area contributed by atoms with Gasteiger partial charge in [0.15, 0.2) is 34.6 Å². The number of hydrogen-bond donors (Lipinski definition) is 2. The van der Waals surface area contributed by atoms with Gasteiger partial charge in [0.2, 0.25) is 0 Å². The van der Waals surface area contributed by atoms with Crippen LogP contribution in [-0.4, -0.2) is 65.6 Å². The molecule has 7 heteroatoms. The number of carbonyl (C=O) groups is 2. The topological polar surface area (TPSA) is 93.1 Å². The van der Waals surface area contributed by atoms with Crippen LogP contribution in [0.5, 0.6) is 23.0 Å². The minimum Gasteiger partial charge on any atom is -0.504 e. The Morgan fingerprint density at radius 2 is 1.21 bits per heavy atom. The molecule has 0 unspecified atom stereocenters. The van der Waals surface area contributed by atoms with Crippen LogP contribution in [0.25, 0.3) is 12.2 Å². The zero-order valence-corrected chi connectivity index (χ0v) is 18.0. The van der Waals surface area contributed by atoms with E-state index in [4.69, 9.17) is 9.47 Å². The van der Waals surface area contributed by atoms with Gasteiger partial charge in [0, 0.05) is 29.6 Å². The molecule has 0 aliphatic carbocycles. The zero-order valence-electron chi connectivity index (χ0n) is 16.0. The van der Waals surface area contributed by atoms with Crippen LogP contribution < -0.4 is 9.47 Å². The van der Waals surface area contributed by atoms with Gasteiger partial charge in [0.05, 0.1) is 20.6 Å². The number of rotatable bonds is 8. The van der Waals surface area contributed by atoms with E-state index in [0.29, 0.717) is 22.6 Å². The minimum atomic E-state index is -0.347. The second-order valence-corrected chi connectivity index (χ2v) is 5.64. The Morgan fingerprint density at radius 1 is 0.821 bits per heavy atom. The predicted octanol–water partition coefficient (Wildman–Crippen LogP) is 2.99. The van der Waals surface area contributed by atoms with Gasteiger partial charge < -0.3 is 19.7 Å². The fourth-order valence-electron chi connectivity index (χ4n) is 2.26. The largest absolute Gasteiger partial charge is 0.504 e. The van der Waals surface area contributed by atoms with Gasteiger partial charge in [-0.2, -0.15) is 0 Å². The summed E-state index contributed by atoms with van der Waals surface area (Å²) in [5.74, 6) is -0.0832. The smallest absolute Gasteiger partial charge is 0.163 e. The molecule has 0 saturated heterocycles. The summed E-state index contributed by atoms with van der Waals surface area (Å²) < 4.78 is 10.00. The Kier molecular flexibility index (Phi) is 9.51. The molecule has 0 aliphatic heterocycles. The standard InChI is InChI=1S/C21H20O6.Na/c1-26-20-11-14(5-9-18(20)24)3-7-16(22)13-17(23)8-4-15-6-10-19(25)21(12-15)27-2;/h3-12,24-25H,13H2,1-2H3;/b7-3+,8-4+;. The van der Waals surface area contributed by atoms with Crippen molar-refractivity contribution < 1.29 is 29.3 Å². The van der Waals surface area contributed by atoms with Crippen molar-refractivity contribution in [3.63, 3.8) is 0 Å². The van der Waals surface area contributed by atoms with Crippen molar-refractivity contribution in [1.29, 1.82) is 0 Å². The summed E-state index contributed by atoms with van der Waals surface area (Å²) in [6.07, 6.45) is 5.44. The first kappa shape index (κ1) is 23.5. The summed E-state index contributed by atoms with van der Waals surface area (Å²) in [5, 5.41) is 19.1. The van der Waals surface area contributed by atoms with Gasteiger partial charge in [-0.05, 0) is 47.5 Å². The summed E-state index contributed by atoms with van der Waals surface area (Å²) in [7, 11) is 2.87. The molecule has 0 bridgehead atoms. The van der Waals surface area contributed by atoms with E-state index in [1.807, 2.05) is 0 Å². The van der Waals surface area contributed by atoms with Crippen molar-refractivity contribution >= 4 is 53.3 Å². The molecule has 0 spiro atoms. The average molecular weight is 391 g/mol. The molecule has 0 atom stereocenters. The monoisotopic (exact) mass is 391 g/mol. The van der Waals surface area contributed by atoms with Gasteiger partial charge in [0.1, 0.15) is 0 Å². The summed E-state index contributed by atoms with van der Waals surface area (Å²) in [5.41, 5.74) is 1.33. The van der Waals surface area contributed by atoms with E-state index in [1.165, 1.54) is 38.5 Å². The zero-order chi connectivity index (χ0) is 19.8. The molecule has 0 fully saturated rings. The van der Waals surface area contributed by atoms with Crippen LogP contribution >= 0.6 is 0 Å². The fourth-order valence-corrected chi connectivity index (χ4v) is 2.26. The number of hydrogen-bond acceptors (Lipinski definition) is 6. The van der Waals surface area contributed by atoms with Gasteiger partial charge in [-0.3, -0.25) is 9.59 Å². The van der Waals surface area contributed by atoms with Crippen LogP contribution in [-0.2, 0) is 9.59 Å². The van der Waals surface area contributed by atoms with E-state index in [0.717, 1.165) is 0 Å². The molecule has 0 heterocycles. The Labute approximate surface area is 185 Å². The van der Waals surface area contributed by atoms with E-state index >= 15 is 0 Å². The van der Waals surface area contributed by atoms with Crippen molar-refractivity contribution in [2.75, 3.05) is 14.2 Å². The molecule has 28 heavy (non-hydrogen) atoms. The van der Waals surface area contributed by atoms with Crippen LogP contribution in [0.2, 0.25) is 0 Å². The van der Waals surface area contributed by atoms with Crippen molar-refractivity contribution in [3.05, 3.63) is 59.7 Å². The van der Waals surface area contributed by atoms with Crippen LogP contribution in [0.15, 0.2) is 48.6 Å². The number of phenolic OH excluding ortho intramolecular Hbond substituents is 2. The molecule has 6 nitrogen and oxygen atoms in total. The molecule has 2 rings (SSSR count). The van der Waals surface area contributed by atoms with E-state index in [-0.39, 0.29) is 59.0 Å².